The molecule has 0 bridgehead atoms. The number of nitrogens with zero attached hydrogens (tertiary/aromatic N) is 1. The molecule has 2 nitrogen and oxygen atoms in total. The van der Waals surface area contributed by atoms with Gasteiger partial charge in [-0.3, -0.25) is 4.98 Å². The molecule has 0 saturated carbocycles. The Hall–Kier alpha value is -2.19. The molecule has 2 unspecified atom stereocenters. The summed E-state index contributed by atoms with van der Waals surface area (Å²) in [5.74, 6) is 0.0945. The lowest BCUT2D eigenvalue weighted by Gasteiger charge is -2.23. The molecule has 0 aliphatic carbocycles. The van der Waals surface area contributed by atoms with Crippen molar-refractivity contribution in [3.05, 3.63) is 78.0 Å². The van der Waals surface area contributed by atoms with Gasteiger partial charge >= 0.3 is 0 Å². The lowest BCUT2D eigenvalue weighted by atomic mass is 9.86. The molecule has 2 heteroatoms. The molecule has 1 heterocycles. The molecule has 0 saturated heterocycles. The smallest absolute Gasteiger partial charge is 0.0864 e. The Morgan fingerprint density at radius 1 is 0.952 bits per heavy atom. The standard InChI is InChI=1S/C19H19NO/c1-2-15(14-8-4-3-5-9-14)19(21)17-10-6-12-18-16(17)11-7-13-20-18/h3-13,15,19,21H,2H2,1H3. The van der Waals surface area contributed by atoms with E-state index in [1.165, 1.54) is 5.56 Å². The third-order valence-corrected chi connectivity index (χ3v) is 4.05. The fourth-order valence-electron chi connectivity index (χ4n) is 2.94. The summed E-state index contributed by atoms with van der Waals surface area (Å²) in [5, 5.41) is 11.9. The molecule has 2 atom stereocenters. The predicted molar refractivity (Wildman–Crippen MR) is 86.2 cm³/mol. The second kappa shape index (κ2) is 6.06. The van der Waals surface area contributed by atoms with Crippen molar-refractivity contribution in [2.24, 2.45) is 0 Å². The van der Waals surface area contributed by atoms with E-state index in [1.807, 2.05) is 48.5 Å². The molecular weight excluding hydrogens is 258 g/mol. The van der Waals surface area contributed by atoms with Gasteiger partial charge in [0, 0.05) is 17.5 Å². The Balaban J connectivity index is 2.05. The Labute approximate surface area is 125 Å². The highest BCUT2D eigenvalue weighted by atomic mass is 16.3. The van der Waals surface area contributed by atoms with Crippen molar-refractivity contribution in [1.82, 2.24) is 4.98 Å². The summed E-state index contributed by atoms with van der Waals surface area (Å²) in [6.45, 7) is 2.12. The molecule has 0 amide bonds. The normalized spacial score (nSPS) is 14.0. The van der Waals surface area contributed by atoms with Crippen molar-refractivity contribution in [2.45, 2.75) is 25.4 Å². The first-order valence-electron chi connectivity index (χ1n) is 7.38. The van der Waals surface area contributed by atoms with Crippen LogP contribution in [0.1, 0.15) is 36.5 Å². The molecule has 21 heavy (non-hydrogen) atoms. The monoisotopic (exact) mass is 277 g/mol. The van der Waals surface area contributed by atoms with E-state index in [2.05, 4.69) is 24.0 Å². The zero-order valence-corrected chi connectivity index (χ0v) is 12.1. The van der Waals surface area contributed by atoms with E-state index in [0.717, 1.165) is 22.9 Å². The number of hydrogen-bond acceptors (Lipinski definition) is 2. The maximum atomic E-state index is 10.9. The van der Waals surface area contributed by atoms with E-state index in [1.54, 1.807) is 6.20 Å². The minimum Gasteiger partial charge on any atom is -0.388 e. The van der Waals surface area contributed by atoms with Crippen LogP contribution in [0.4, 0.5) is 0 Å². The Bertz CT molecular complexity index is 718. The number of fused-ring (bicyclic) bond motifs is 1. The van der Waals surface area contributed by atoms with E-state index in [4.69, 9.17) is 0 Å². The van der Waals surface area contributed by atoms with Gasteiger partial charge in [-0.1, -0.05) is 55.5 Å². The maximum absolute atomic E-state index is 10.9. The molecule has 1 N–H and O–H groups in total. The predicted octanol–water partition coefficient (Wildman–Crippen LogP) is 4.46. The molecule has 3 rings (SSSR count). The molecule has 1 aromatic heterocycles. The van der Waals surface area contributed by atoms with E-state index in [-0.39, 0.29) is 5.92 Å². The summed E-state index contributed by atoms with van der Waals surface area (Å²) < 4.78 is 0. The number of aliphatic hydroxyl groups excluding tert-OH is 1. The summed E-state index contributed by atoms with van der Waals surface area (Å²) in [6.07, 6.45) is 2.15. The van der Waals surface area contributed by atoms with Crippen LogP contribution in [0.2, 0.25) is 0 Å². The van der Waals surface area contributed by atoms with Gasteiger partial charge in [-0.2, -0.15) is 0 Å². The van der Waals surface area contributed by atoms with Gasteiger partial charge in [0.25, 0.3) is 0 Å². The second-order valence-electron chi connectivity index (χ2n) is 5.29. The van der Waals surface area contributed by atoms with Crippen LogP contribution in [0.25, 0.3) is 10.9 Å². The van der Waals surface area contributed by atoms with Gasteiger partial charge in [0.1, 0.15) is 0 Å². The van der Waals surface area contributed by atoms with Crippen molar-refractivity contribution in [3.8, 4) is 0 Å². The molecule has 0 spiro atoms. The largest absolute Gasteiger partial charge is 0.388 e. The first kappa shape index (κ1) is 13.8. The van der Waals surface area contributed by atoms with E-state index in [0.29, 0.717) is 0 Å². The van der Waals surface area contributed by atoms with E-state index < -0.39 is 6.10 Å². The maximum Gasteiger partial charge on any atom is 0.0864 e. The summed E-state index contributed by atoms with van der Waals surface area (Å²) in [4.78, 5) is 4.37. The second-order valence-corrected chi connectivity index (χ2v) is 5.29. The highest BCUT2D eigenvalue weighted by Crippen LogP contribution is 2.36. The molecule has 2 aromatic carbocycles. The lowest BCUT2D eigenvalue weighted by molar-refractivity contribution is 0.144. The quantitative estimate of drug-likeness (QED) is 0.763. The minimum atomic E-state index is -0.523. The molecular formula is C19H19NO. The van der Waals surface area contributed by atoms with Crippen LogP contribution in [0.3, 0.4) is 0 Å². The van der Waals surface area contributed by atoms with Gasteiger partial charge in [-0.05, 0) is 29.7 Å². The average Bonchev–Trinajstić information content (AvgIpc) is 2.56. The van der Waals surface area contributed by atoms with Crippen LogP contribution in [0.5, 0.6) is 0 Å². The van der Waals surface area contributed by atoms with Crippen LogP contribution < -0.4 is 0 Å². The summed E-state index contributed by atoms with van der Waals surface area (Å²) >= 11 is 0. The van der Waals surface area contributed by atoms with Crippen LogP contribution in [0, 0.1) is 0 Å². The van der Waals surface area contributed by atoms with Crippen molar-refractivity contribution in [3.63, 3.8) is 0 Å². The Kier molecular flexibility index (Phi) is 3.98. The topological polar surface area (TPSA) is 33.1 Å². The zero-order chi connectivity index (χ0) is 14.7. The molecule has 0 radical (unpaired) electrons. The van der Waals surface area contributed by atoms with Crippen LogP contribution in [-0.2, 0) is 0 Å². The van der Waals surface area contributed by atoms with Gasteiger partial charge in [-0.25, -0.2) is 0 Å². The van der Waals surface area contributed by atoms with Gasteiger partial charge in [0.05, 0.1) is 11.6 Å². The van der Waals surface area contributed by atoms with Crippen molar-refractivity contribution in [2.75, 3.05) is 0 Å². The van der Waals surface area contributed by atoms with Crippen molar-refractivity contribution < 1.29 is 5.11 Å². The molecule has 0 fully saturated rings. The molecule has 3 aromatic rings. The van der Waals surface area contributed by atoms with Crippen molar-refractivity contribution >= 4 is 10.9 Å². The highest BCUT2D eigenvalue weighted by Gasteiger charge is 2.22. The fraction of sp³-hybridized carbons (Fsp3) is 0.211. The number of aromatic nitrogens is 1. The molecule has 0 aliphatic heterocycles. The minimum absolute atomic E-state index is 0.0945. The third kappa shape index (κ3) is 2.67. The number of benzene rings is 2. The van der Waals surface area contributed by atoms with Gasteiger partial charge in [0.2, 0.25) is 0 Å². The first-order chi connectivity index (χ1) is 10.3. The first-order valence-corrected chi connectivity index (χ1v) is 7.38. The molecule has 0 aliphatic rings. The van der Waals surface area contributed by atoms with E-state index >= 15 is 0 Å². The van der Waals surface area contributed by atoms with Crippen LogP contribution in [0.15, 0.2) is 66.9 Å². The summed E-state index contributed by atoms with van der Waals surface area (Å²) in [6, 6.07) is 20.1. The SMILES string of the molecule is CCC(c1ccccc1)C(O)c1cccc2ncccc12. The van der Waals surface area contributed by atoms with Gasteiger partial charge in [0.15, 0.2) is 0 Å². The fourth-order valence-corrected chi connectivity index (χ4v) is 2.94. The highest BCUT2D eigenvalue weighted by molar-refractivity contribution is 5.82. The summed E-state index contributed by atoms with van der Waals surface area (Å²) in [7, 11) is 0. The Morgan fingerprint density at radius 3 is 2.52 bits per heavy atom. The zero-order valence-electron chi connectivity index (χ0n) is 12.1. The van der Waals surface area contributed by atoms with Crippen LogP contribution >= 0.6 is 0 Å². The van der Waals surface area contributed by atoms with Gasteiger partial charge < -0.3 is 5.11 Å². The number of rotatable bonds is 4. The molecule has 106 valence electrons. The number of pyridine rings is 1. The lowest BCUT2D eigenvalue weighted by Crippen LogP contribution is -2.10. The van der Waals surface area contributed by atoms with E-state index in [9.17, 15) is 5.11 Å². The van der Waals surface area contributed by atoms with Crippen LogP contribution in [-0.4, -0.2) is 10.1 Å². The van der Waals surface area contributed by atoms with Crippen molar-refractivity contribution in [1.29, 1.82) is 0 Å². The number of hydrogen-bond donors (Lipinski definition) is 1. The average molecular weight is 277 g/mol. The number of aliphatic hydroxyl groups is 1. The van der Waals surface area contributed by atoms with Gasteiger partial charge in [-0.15, -0.1) is 0 Å². The summed E-state index contributed by atoms with van der Waals surface area (Å²) in [5.41, 5.74) is 3.06. The third-order valence-electron chi connectivity index (χ3n) is 4.05. The Morgan fingerprint density at radius 2 is 1.76 bits per heavy atom.